The van der Waals surface area contributed by atoms with Gasteiger partial charge < -0.3 is 4.74 Å². The number of hydrogen-bond acceptors (Lipinski definition) is 3. The van der Waals surface area contributed by atoms with Crippen molar-refractivity contribution in [2.75, 3.05) is 6.61 Å². The van der Waals surface area contributed by atoms with E-state index in [0.717, 1.165) is 18.6 Å². The van der Waals surface area contributed by atoms with Gasteiger partial charge in [0.25, 0.3) is 0 Å². The minimum Gasteiger partial charge on any atom is -0.465 e. The molecule has 1 aliphatic heterocycles. The van der Waals surface area contributed by atoms with Crippen LogP contribution in [0, 0.1) is 6.92 Å². The van der Waals surface area contributed by atoms with Gasteiger partial charge in [-0.1, -0.05) is 43.3 Å². The number of cyclic esters (lactones) is 1. The predicted octanol–water partition coefficient (Wildman–Crippen LogP) is 5.12. The summed E-state index contributed by atoms with van der Waals surface area (Å²) in [6.07, 6.45) is 6.27. The Morgan fingerprint density at radius 2 is 2.17 bits per heavy atom. The summed E-state index contributed by atoms with van der Waals surface area (Å²) in [6.45, 7) is 4.90. The molecular formula is C20H22O2S. The normalized spacial score (nSPS) is 18.0. The van der Waals surface area contributed by atoms with E-state index in [2.05, 4.69) is 56.3 Å². The minimum atomic E-state index is -0.0565. The highest BCUT2D eigenvalue weighted by atomic mass is 32.2. The van der Waals surface area contributed by atoms with Gasteiger partial charge in [-0.3, -0.25) is 4.79 Å². The highest BCUT2D eigenvalue weighted by Gasteiger charge is 2.27. The molecule has 23 heavy (non-hydrogen) atoms. The second-order valence-corrected chi connectivity index (χ2v) is 7.05. The van der Waals surface area contributed by atoms with Crippen LogP contribution in [0.5, 0.6) is 0 Å². The number of carbonyl (C=O) groups is 1. The summed E-state index contributed by atoms with van der Waals surface area (Å²) in [5.41, 5.74) is 3.92. The fourth-order valence-corrected chi connectivity index (χ4v) is 4.17. The molecule has 1 fully saturated rings. The second-order valence-electron chi connectivity index (χ2n) is 5.86. The highest BCUT2D eigenvalue weighted by molar-refractivity contribution is 7.99. The molecule has 1 atom stereocenters. The molecule has 0 saturated carbocycles. The van der Waals surface area contributed by atoms with Crippen LogP contribution in [0.3, 0.4) is 0 Å². The Kier molecular flexibility index (Phi) is 5.06. The summed E-state index contributed by atoms with van der Waals surface area (Å²) in [4.78, 5) is 11.7. The maximum Gasteiger partial charge on any atom is 0.319 e. The fourth-order valence-electron chi connectivity index (χ4n) is 2.97. The zero-order valence-corrected chi connectivity index (χ0v) is 14.5. The van der Waals surface area contributed by atoms with Gasteiger partial charge >= 0.3 is 5.97 Å². The van der Waals surface area contributed by atoms with Crippen molar-refractivity contribution in [1.29, 1.82) is 0 Å². The van der Waals surface area contributed by atoms with Crippen molar-refractivity contribution in [3.05, 3.63) is 53.1 Å². The van der Waals surface area contributed by atoms with Crippen molar-refractivity contribution in [3.8, 4) is 0 Å². The van der Waals surface area contributed by atoms with Gasteiger partial charge in [-0.25, -0.2) is 0 Å². The molecular weight excluding hydrogens is 304 g/mol. The number of ether oxygens (including phenoxy) is 1. The number of benzene rings is 2. The molecule has 0 spiro atoms. The number of allylic oxidation sites excluding steroid dienone is 1. The summed E-state index contributed by atoms with van der Waals surface area (Å²) < 4.78 is 5.08. The van der Waals surface area contributed by atoms with Crippen LogP contribution in [0.1, 0.15) is 36.5 Å². The van der Waals surface area contributed by atoms with E-state index in [0.29, 0.717) is 6.61 Å². The maximum atomic E-state index is 11.7. The Morgan fingerprint density at radius 1 is 1.35 bits per heavy atom. The van der Waals surface area contributed by atoms with Gasteiger partial charge in [-0.05, 0) is 46.9 Å². The van der Waals surface area contributed by atoms with Gasteiger partial charge in [0, 0.05) is 12.2 Å². The third-order valence-corrected chi connectivity index (χ3v) is 5.62. The molecule has 0 radical (unpaired) electrons. The van der Waals surface area contributed by atoms with Crippen molar-refractivity contribution < 1.29 is 9.53 Å². The standard InChI is InChI=1S/C20H22O2S/c1-3-4-7-15-12-16-8-5-6-9-17(16)18(14(15)2)13-23-19-10-11-22-20(19)21/h4-9,12,19H,3,10-11,13H2,1-2H3. The molecule has 120 valence electrons. The van der Waals surface area contributed by atoms with Crippen LogP contribution in [0.15, 0.2) is 36.4 Å². The molecule has 3 rings (SSSR count). The zero-order valence-electron chi connectivity index (χ0n) is 13.7. The maximum absolute atomic E-state index is 11.7. The first-order chi connectivity index (χ1) is 11.2. The number of rotatable bonds is 5. The Bertz CT molecular complexity index is 749. The lowest BCUT2D eigenvalue weighted by atomic mass is 9.95. The lowest BCUT2D eigenvalue weighted by Crippen LogP contribution is -2.10. The molecule has 3 heteroatoms. The van der Waals surface area contributed by atoms with Crippen LogP contribution < -0.4 is 0 Å². The molecule has 2 aromatic rings. The first kappa shape index (κ1) is 16.1. The summed E-state index contributed by atoms with van der Waals surface area (Å²) in [6, 6.07) is 10.8. The van der Waals surface area contributed by atoms with E-state index >= 15 is 0 Å². The van der Waals surface area contributed by atoms with Gasteiger partial charge in [0.15, 0.2) is 0 Å². The van der Waals surface area contributed by atoms with E-state index in [1.165, 1.54) is 27.5 Å². The van der Waals surface area contributed by atoms with Crippen LogP contribution in [0.25, 0.3) is 16.8 Å². The molecule has 1 aliphatic rings. The van der Waals surface area contributed by atoms with Crippen molar-refractivity contribution in [3.63, 3.8) is 0 Å². The quantitative estimate of drug-likeness (QED) is 0.713. The monoisotopic (exact) mass is 326 g/mol. The second kappa shape index (κ2) is 7.22. The van der Waals surface area contributed by atoms with E-state index in [1.54, 1.807) is 11.8 Å². The molecule has 2 aromatic carbocycles. The van der Waals surface area contributed by atoms with E-state index in [1.807, 2.05) is 0 Å². The summed E-state index contributed by atoms with van der Waals surface area (Å²) in [5.74, 6) is 0.791. The first-order valence-electron chi connectivity index (χ1n) is 8.16. The number of carbonyl (C=O) groups excluding carboxylic acids is 1. The zero-order chi connectivity index (χ0) is 16.2. The summed E-state index contributed by atoms with van der Waals surface area (Å²) in [7, 11) is 0. The third kappa shape index (κ3) is 3.45. The summed E-state index contributed by atoms with van der Waals surface area (Å²) in [5, 5.41) is 2.54. The van der Waals surface area contributed by atoms with E-state index in [9.17, 15) is 4.79 Å². The number of hydrogen-bond donors (Lipinski definition) is 0. The van der Waals surface area contributed by atoms with Crippen LogP contribution >= 0.6 is 11.8 Å². The molecule has 0 N–H and O–H groups in total. The van der Waals surface area contributed by atoms with Gasteiger partial charge in [0.05, 0.1) is 6.61 Å². The van der Waals surface area contributed by atoms with E-state index in [-0.39, 0.29) is 11.2 Å². The molecule has 1 unspecified atom stereocenters. The number of fused-ring (bicyclic) bond motifs is 1. The van der Waals surface area contributed by atoms with E-state index < -0.39 is 0 Å². The van der Waals surface area contributed by atoms with E-state index in [4.69, 9.17) is 4.74 Å². The van der Waals surface area contributed by atoms with Crippen LogP contribution in [-0.4, -0.2) is 17.8 Å². The molecule has 0 aromatic heterocycles. The Balaban J connectivity index is 1.97. The molecule has 1 saturated heterocycles. The van der Waals surface area contributed by atoms with Crippen molar-refractivity contribution >= 4 is 34.6 Å². The molecule has 1 heterocycles. The Hall–Kier alpha value is -1.74. The largest absolute Gasteiger partial charge is 0.465 e. The van der Waals surface area contributed by atoms with Crippen molar-refractivity contribution in [2.45, 2.75) is 37.7 Å². The lowest BCUT2D eigenvalue weighted by Gasteiger charge is -2.15. The minimum absolute atomic E-state index is 0.0111. The van der Waals surface area contributed by atoms with Gasteiger partial charge in [0.2, 0.25) is 0 Å². The molecule has 0 bridgehead atoms. The topological polar surface area (TPSA) is 26.3 Å². The fraction of sp³-hybridized carbons (Fsp3) is 0.350. The Morgan fingerprint density at radius 3 is 2.91 bits per heavy atom. The SMILES string of the molecule is CCC=Cc1cc2ccccc2c(CSC2CCOC2=O)c1C. The highest BCUT2D eigenvalue weighted by Crippen LogP contribution is 2.33. The van der Waals surface area contributed by atoms with Gasteiger partial charge in [-0.2, -0.15) is 0 Å². The molecule has 2 nitrogen and oxygen atoms in total. The van der Waals surface area contributed by atoms with Crippen molar-refractivity contribution in [2.24, 2.45) is 0 Å². The number of thioether (sulfide) groups is 1. The lowest BCUT2D eigenvalue weighted by molar-refractivity contribution is -0.137. The van der Waals surface area contributed by atoms with Crippen LogP contribution in [0.2, 0.25) is 0 Å². The molecule has 0 amide bonds. The Labute approximate surface area is 141 Å². The van der Waals surface area contributed by atoms with Gasteiger partial charge in [0.1, 0.15) is 5.25 Å². The van der Waals surface area contributed by atoms with Crippen LogP contribution in [-0.2, 0) is 15.3 Å². The number of esters is 1. The smallest absolute Gasteiger partial charge is 0.319 e. The van der Waals surface area contributed by atoms with Crippen LogP contribution in [0.4, 0.5) is 0 Å². The van der Waals surface area contributed by atoms with Gasteiger partial charge in [-0.15, -0.1) is 11.8 Å². The average molecular weight is 326 g/mol. The average Bonchev–Trinajstić information content (AvgIpc) is 2.97. The predicted molar refractivity (Wildman–Crippen MR) is 98.7 cm³/mol. The van der Waals surface area contributed by atoms with Crippen molar-refractivity contribution in [1.82, 2.24) is 0 Å². The molecule has 0 aliphatic carbocycles. The summed E-state index contributed by atoms with van der Waals surface area (Å²) >= 11 is 1.71. The first-order valence-corrected chi connectivity index (χ1v) is 9.21. The third-order valence-electron chi connectivity index (χ3n) is 4.33.